The van der Waals surface area contributed by atoms with E-state index in [1.54, 1.807) is 0 Å². The van der Waals surface area contributed by atoms with Crippen molar-refractivity contribution >= 4 is 6.29 Å². The Morgan fingerprint density at radius 1 is 1.88 bits per heavy atom. The highest BCUT2D eigenvalue weighted by molar-refractivity contribution is 5.56. The topological polar surface area (TPSA) is 63.3 Å². The van der Waals surface area contributed by atoms with E-state index < -0.39 is 12.3 Å². The van der Waals surface area contributed by atoms with E-state index >= 15 is 0 Å². The second kappa shape index (κ2) is 3.51. The first-order valence-electron chi connectivity index (χ1n) is 2.20. The minimum Gasteiger partial charge on any atom is -0.383 e. The number of hydrogen-bond donors (Lipinski definition) is 2. The van der Waals surface area contributed by atoms with E-state index in [0.29, 0.717) is 0 Å². The molecule has 0 amide bonds. The van der Waals surface area contributed by atoms with Crippen molar-refractivity contribution in [1.29, 1.82) is 0 Å². The molecule has 4 heteroatoms. The lowest BCUT2D eigenvalue weighted by Gasteiger charge is -2.04. The molecule has 0 heterocycles. The molecule has 0 aromatic carbocycles. The van der Waals surface area contributed by atoms with Crippen LogP contribution in [0.15, 0.2) is 0 Å². The predicted molar refractivity (Wildman–Crippen MR) is 26.0 cm³/mol. The second-order valence-corrected chi connectivity index (χ2v) is 1.38. The smallest absolute Gasteiger partial charge is 0.151 e. The molecule has 0 rings (SSSR count). The summed E-state index contributed by atoms with van der Waals surface area (Å²) in [5, 5.41) is 8.30. The molecule has 0 aliphatic heterocycles. The fraction of sp³-hybridized carbons (Fsp3) is 0.750. The van der Waals surface area contributed by atoms with Gasteiger partial charge < -0.3 is 15.6 Å². The van der Waals surface area contributed by atoms with Crippen molar-refractivity contribution in [2.75, 3.05) is 6.54 Å². The Hall–Kier alpha value is -0.480. The van der Waals surface area contributed by atoms with E-state index in [0.717, 1.165) is 0 Å². The standard InChI is InChI=1S/C4H8FNO2/c5-3(1-6)4(8)2-7/h2-4,8H,1,6H2. The quantitative estimate of drug-likeness (QED) is 0.463. The summed E-state index contributed by atoms with van der Waals surface area (Å²) in [4.78, 5) is 9.56. The molecule has 2 unspecified atom stereocenters. The number of aliphatic hydroxyl groups excluding tert-OH is 1. The molecule has 0 saturated heterocycles. The second-order valence-electron chi connectivity index (χ2n) is 1.38. The van der Waals surface area contributed by atoms with E-state index in [9.17, 15) is 9.18 Å². The van der Waals surface area contributed by atoms with Gasteiger partial charge in [-0.05, 0) is 0 Å². The number of hydrogen-bond acceptors (Lipinski definition) is 3. The first kappa shape index (κ1) is 7.52. The van der Waals surface area contributed by atoms with Crippen molar-refractivity contribution in [3.05, 3.63) is 0 Å². The molecule has 0 aliphatic carbocycles. The Balaban J connectivity index is 3.44. The van der Waals surface area contributed by atoms with Gasteiger partial charge in [0.25, 0.3) is 0 Å². The van der Waals surface area contributed by atoms with Crippen molar-refractivity contribution in [2.45, 2.75) is 12.3 Å². The molecule has 0 fully saturated rings. The monoisotopic (exact) mass is 121 g/mol. The van der Waals surface area contributed by atoms with E-state index in [-0.39, 0.29) is 12.8 Å². The lowest BCUT2D eigenvalue weighted by Crippen LogP contribution is -2.30. The molecule has 0 aromatic rings. The number of carbonyl (C=O) groups excluding carboxylic acids is 1. The molecule has 0 saturated carbocycles. The predicted octanol–water partition coefficient (Wildman–Crippen LogP) is -1.16. The summed E-state index contributed by atoms with van der Waals surface area (Å²) in [7, 11) is 0. The van der Waals surface area contributed by atoms with Crippen LogP contribution in [0.5, 0.6) is 0 Å². The SMILES string of the molecule is NCC(F)C(O)C=O. The number of halogens is 1. The summed E-state index contributed by atoms with van der Waals surface area (Å²) in [6.45, 7) is -0.320. The van der Waals surface area contributed by atoms with Crippen LogP contribution >= 0.6 is 0 Å². The van der Waals surface area contributed by atoms with Crippen LogP contribution in [0.25, 0.3) is 0 Å². The average molecular weight is 121 g/mol. The number of carbonyl (C=O) groups is 1. The Labute approximate surface area is 46.3 Å². The Kier molecular flexibility index (Phi) is 3.30. The maximum Gasteiger partial charge on any atom is 0.151 e. The van der Waals surface area contributed by atoms with Crippen molar-refractivity contribution in [2.24, 2.45) is 5.73 Å². The van der Waals surface area contributed by atoms with Crippen LogP contribution in [0, 0.1) is 0 Å². The molecule has 0 radical (unpaired) electrons. The van der Waals surface area contributed by atoms with Gasteiger partial charge in [0.15, 0.2) is 6.29 Å². The summed E-state index contributed by atoms with van der Waals surface area (Å²) >= 11 is 0. The van der Waals surface area contributed by atoms with Gasteiger partial charge in [-0.15, -0.1) is 0 Å². The van der Waals surface area contributed by atoms with Gasteiger partial charge in [-0.25, -0.2) is 4.39 Å². The molecule has 3 N–H and O–H groups in total. The zero-order valence-corrected chi connectivity index (χ0v) is 4.25. The molecule has 8 heavy (non-hydrogen) atoms. The van der Waals surface area contributed by atoms with Gasteiger partial charge in [-0.1, -0.05) is 0 Å². The minimum absolute atomic E-state index is 0.123. The zero-order chi connectivity index (χ0) is 6.57. The third-order valence-corrected chi connectivity index (χ3v) is 0.735. The maximum absolute atomic E-state index is 11.9. The van der Waals surface area contributed by atoms with Crippen LogP contribution in [0.1, 0.15) is 0 Å². The van der Waals surface area contributed by atoms with Gasteiger partial charge in [0.05, 0.1) is 0 Å². The number of nitrogens with two attached hydrogens (primary N) is 1. The molecule has 2 atom stereocenters. The maximum atomic E-state index is 11.9. The van der Waals surface area contributed by atoms with Crippen molar-refractivity contribution in [3.8, 4) is 0 Å². The first-order valence-corrected chi connectivity index (χ1v) is 2.20. The van der Waals surface area contributed by atoms with Crippen LogP contribution in [-0.2, 0) is 4.79 Å². The zero-order valence-electron chi connectivity index (χ0n) is 4.25. The Morgan fingerprint density at radius 3 is 2.50 bits per heavy atom. The van der Waals surface area contributed by atoms with Gasteiger partial charge in [0.2, 0.25) is 0 Å². The van der Waals surface area contributed by atoms with Gasteiger partial charge >= 0.3 is 0 Å². The molecule has 0 aliphatic rings. The van der Waals surface area contributed by atoms with Gasteiger partial charge in [0.1, 0.15) is 12.3 Å². The lowest BCUT2D eigenvalue weighted by molar-refractivity contribution is -0.117. The highest BCUT2D eigenvalue weighted by atomic mass is 19.1. The summed E-state index contributed by atoms with van der Waals surface area (Å²) in [5.41, 5.74) is 4.75. The Bertz CT molecular complexity index is 78.4. The molecular formula is C4H8FNO2. The van der Waals surface area contributed by atoms with E-state index in [1.165, 1.54) is 0 Å². The van der Waals surface area contributed by atoms with Gasteiger partial charge in [0, 0.05) is 6.54 Å². The van der Waals surface area contributed by atoms with Crippen molar-refractivity contribution in [3.63, 3.8) is 0 Å². The van der Waals surface area contributed by atoms with Crippen LogP contribution in [0.4, 0.5) is 4.39 Å². The van der Waals surface area contributed by atoms with Crippen LogP contribution in [0.3, 0.4) is 0 Å². The highest BCUT2D eigenvalue weighted by Gasteiger charge is 2.13. The highest BCUT2D eigenvalue weighted by Crippen LogP contribution is 1.91. The summed E-state index contributed by atoms with van der Waals surface area (Å²) in [5.74, 6) is 0. The molecule has 0 bridgehead atoms. The van der Waals surface area contributed by atoms with E-state index in [2.05, 4.69) is 0 Å². The molecule has 48 valence electrons. The summed E-state index contributed by atoms with van der Waals surface area (Å²) < 4.78 is 11.9. The Morgan fingerprint density at radius 2 is 2.38 bits per heavy atom. The molecule has 0 aromatic heterocycles. The van der Waals surface area contributed by atoms with Crippen LogP contribution in [-0.4, -0.2) is 30.2 Å². The average Bonchev–Trinajstić information content (AvgIpc) is 1.84. The number of aliphatic hydroxyl groups is 1. The lowest BCUT2D eigenvalue weighted by atomic mass is 10.2. The normalized spacial score (nSPS) is 17.4. The fourth-order valence-electron chi connectivity index (χ4n) is 0.225. The van der Waals surface area contributed by atoms with E-state index in [4.69, 9.17) is 10.8 Å². The number of rotatable bonds is 3. The molecule has 3 nitrogen and oxygen atoms in total. The number of aldehydes is 1. The summed E-state index contributed by atoms with van der Waals surface area (Å²) in [6, 6.07) is 0. The van der Waals surface area contributed by atoms with Crippen molar-refractivity contribution < 1.29 is 14.3 Å². The van der Waals surface area contributed by atoms with E-state index in [1.807, 2.05) is 0 Å². The molecular weight excluding hydrogens is 113 g/mol. The van der Waals surface area contributed by atoms with Gasteiger partial charge in [-0.3, -0.25) is 0 Å². The molecule has 0 spiro atoms. The van der Waals surface area contributed by atoms with Crippen molar-refractivity contribution in [1.82, 2.24) is 0 Å². The van der Waals surface area contributed by atoms with Crippen LogP contribution in [0.2, 0.25) is 0 Å². The third kappa shape index (κ3) is 1.99. The first-order chi connectivity index (χ1) is 3.72. The fourth-order valence-corrected chi connectivity index (χ4v) is 0.225. The minimum atomic E-state index is -1.62. The third-order valence-electron chi connectivity index (χ3n) is 0.735. The number of alkyl halides is 1. The van der Waals surface area contributed by atoms with Gasteiger partial charge in [-0.2, -0.15) is 0 Å². The van der Waals surface area contributed by atoms with Crippen LogP contribution < -0.4 is 5.73 Å². The largest absolute Gasteiger partial charge is 0.383 e. The summed E-state index contributed by atoms with van der Waals surface area (Å²) in [6.07, 6.45) is -3.05.